The normalized spacial score (nSPS) is 31.2. The van der Waals surface area contributed by atoms with Crippen LogP contribution in [0.1, 0.15) is 13.3 Å². The molecule has 1 saturated carbocycles. The van der Waals surface area contributed by atoms with Gasteiger partial charge in [0.05, 0.1) is 13.0 Å². The van der Waals surface area contributed by atoms with Crippen LogP contribution in [0.5, 0.6) is 0 Å². The molecule has 0 amide bonds. The third-order valence-corrected chi connectivity index (χ3v) is 3.28. The lowest BCUT2D eigenvalue weighted by atomic mass is 9.95. The highest BCUT2D eigenvalue weighted by molar-refractivity contribution is 5.85. The highest BCUT2D eigenvalue weighted by Gasteiger charge is 2.71. The van der Waals surface area contributed by atoms with Gasteiger partial charge in [-0.3, -0.25) is 4.79 Å². The van der Waals surface area contributed by atoms with E-state index >= 15 is 0 Å². The molecule has 1 aliphatic carbocycles. The Morgan fingerprint density at radius 1 is 1.50 bits per heavy atom. The van der Waals surface area contributed by atoms with Crippen molar-refractivity contribution in [3.8, 4) is 0 Å². The molecule has 6 heteroatoms. The lowest BCUT2D eigenvalue weighted by molar-refractivity contribution is -0.144. The second-order valence-electron chi connectivity index (χ2n) is 4.23. The van der Waals surface area contributed by atoms with Crippen LogP contribution in [0.15, 0.2) is 0 Å². The smallest absolute Gasteiger partial charge is 0.306 e. The molecule has 1 saturated heterocycles. The van der Waals surface area contributed by atoms with Crippen LogP contribution in [0.4, 0.5) is 8.78 Å². The average Bonchev–Trinajstić information content (AvgIpc) is 2.53. The Labute approximate surface area is 99.3 Å². The maximum absolute atomic E-state index is 13.3. The van der Waals surface area contributed by atoms with Gasteiger partial charge in [0, 0.05) is 11.8 Å². The molecule has 2 unspecified atom stereocenters. The quantitative estimate of drug-likeness (QED) is 0.773. The van der Waals surface area contributed by atoms with E-state index in [-0.39, 0.29) is 31.4 Å². The van der Waals surface area contributed by atoms with Crippen molar-refractivity contribution < 1.29 is 18.3 Å². The number of ether oxygens (including phenoxy) is 1. The summed E-state index contributed by atoms with van der Waals surface area (Å²) in [6, 6.07) is 0. The summed E-state index contributed by atoms with van der Waals surface area (Å²) < 4.78 is 31.3. The Hall–Kier alpha value is -0.420. The van der Waals surface area contributed by atoms with Crippen LogP contribution in [-0.4, -0.2) is 31.6 Å². The molecule has 0 aromatic heterocycles. The van der Waals surface area contributed by atoms with Crippen molar-refractivity contribution in [1.82, 2.24) is 5.32 Å². The zero-order valence-corrected chi connectivity index (χ0v) is 9.86. The highest BCUT2D eigenvalue weighted by Crippen LogP contribution is 2.61. The molecular weight excluding hydrogens is 240 g/mol. The van der Waals surface area contributed by atoms with Crippen LogP contribution >= 0.6 is 12.4 Å². The van der Waals surface area contributed by atoms with E-state index in [0.29, 0.717) is 13.1 Å². The number of hydrogen-bond acceptors (Lipinski definition) is 3. The van der Waals surface area contributed by atoms with E-state index in [1.54, 1.807) is 6.92 Å². The third kappa shape index (κ3) is 2.30. The van der Waals surface area contributed by atoms with Gasteiger partial charge in [-0.15, -0.1) is 12.4 Å². The summed E-state index contributed by atoms with van der Waals surface area (Å²) in [5.74, 6) is -4.51. The summed E-state index contributed by atoms with van der Waals surface area (Å²) in [7, 11) is 0. The van der Waals surface area contributed by atoms with Gasteiger partial charge >= 0.3 is 5.97 Å². The predicted molar refractivity (Wildman–Crippen MR) is 56.8 cm³/mol. The van der Waals surface area contributed by atoms with Crippen molar-refractivity contribution >= 4 is 18.4 Å². The van der Waals surface area contributed by atoms with Crippen molar-refractivity contribution in [3.05, 3.63) is 0 Å². The van der Waals surface area contributed by atoms with E-state index < -0.39 is 23.7 Å². The molecule has 1 aliphatic heterocycles. The predicted octanol–water partition coefficient (Wildman–Crippen LogP) is 1.46. The van der Waals surface area contributed by atoms with E-state index in [1.807, 2.05) is 0 Å². The number of hydrogen-bond donors (Lipinski definition) is 1. The van der Waals surface area contributed by atoms with Gasteiger partial charge in [-0.2, -0.15) is 0 Å². The molecule has 16 heavy (non-hydrogen) atoms. The van der Waals surface area contributed by atoms with Crippen LogP contribution in [0.2, 0.25) is 0 Å². The molecule has 0 aromatic carbocycles. The summed E-state index contributed by atoms with van der Waals surface area (Å²) in [6.45, 7) is 3.24. The van der Waals surface area contributed by atoms with Crippen molar-refractivity contribution in [2.45, 2.75) is 19.3 Å². The van der Waals surface area contributed by atoms with E-state index in [2.05, 4.69) is 10.1 Å². The van der Waals surface area contributed by atoms with Gasteiger partial charge < -0.3 is 10.1 Å². The van der Waals surface area contributed by atoms with Crippen LogP contribution in [-0.2, 0) is 9.53 Å². The highest BCUT2D eigenvalue weighted by atomic mass is 35.5. The molecule has 0 spiro atoms. The number of carbonyl (C=O) groups excluding carboxylic acids is 1. The van der Waals surface area contributed by atoms with Gasteiger partial charge in [0.1, 0.15) is 0 Å². The number of rotatable bonds is 4. The summed E-state index contributed by atoms with van der Waals surface area (Å²) in [5.41, 5.74) is 0. The second-order valence-corrected chi connectivity index (χ2v) is 4.23. The zero-order chi connectivity index (χ0) is 11.1. The number of alkyl halides is 2. The minimum Gasteiger partial charge on any atom is -0.466 e. The Bertz CT molecular complexity index is 272. The molecule has 94 valence electrons. The monoisotopic (exact) mass is 255 g/mol. The summed E-state index contributed by atoms with van der Waals surface area (Å²) >= 11 is 0. The Morgan fingerprint density at radius 2 is 2.12 bits per heavy atom. The number of nitrogens with one attached hydrogen (secondary N) is 1. The first-order valence-electron chi connectivity index (χ1n) is 5.31. The molecule has 0 bridgehead atoms. The van der Waals surface area contributed by atoms with E-state index in [4.69, 9.17) is 0 Å². The van der Waals surface area contributed by atoms with Gasteiger partial charge in [0.25, 0.3) is 5.92 Å². The van der Waals surface area contributed by atoms with Crippen LogP contribution in [0, 0.1) is 17.8 Å². The molecule has 2 aliphatic rings. The second kappa shape index (κ2) is 4.84. The first-order valence-corrected chi connectivity index (χ1v) is 5.31. The third-order valence-electron chi connectivity index (χ3n) is 3.28. The number of carbonyl (C=O) groups is 1. The van der Waals surface area contributed by atoms with Gasteiger partial charge in [-0.25, -0.2) is 8.78 Å². The fourth-order valence-corrected chi connectivity index (χ4v) is 2.29. The molecule has 2 fully saturated rings. The van der Waals surface area contributed by atoms with E-state index in [0.717, 1.165) is 0 Å². The van der Waals surface area contributed by atoms with Crippen molar-refractivity contribution in [2.24, 2.45) is 17.8 Å². The SMILES string of the molecule is CCOC(=O)CC1C(C2CNC2)C1(F)F.Cl. The Balaban J connectivity index is 0.00000128. The Kier molecular flexibility index (Phi) is 4.12. The van der Waals surface area contributed by atoms with Gasteiger partial charge in [-0.1, -0.05) is 0 Å². The fraction of sp³-hybridized carbons (Fsp3) is 0.900. The summed E-state index contributed by atoms with van der Waals surface area (Å²) in [5, 5.41) is 2.97. The standard InChI is InChI=1S/C10H15F2NO2.ClH/c1-2-15-8(14)3-7-9(10(7,11)12)6-4-13-5-6;/h6-7,9,13H,2-5H2,1H3;1H. The zero-order valence-electron chi connectivity index (χ0n) is 9.04. The van der Waals surface area contributed by atoms with Gasteiger partial charge in [0.2, 0.25) is 0 Å². The molecule has 0 aromatic rings. The van der Waals surface area contributed by atoms with Crippen LogP contribution < -0.4 is 5.32 Å². The molecule has 2 rings (SSSR count). The minimum absolute atomic E-state index is 0. The molecule has 1 heterocycles. The van der Waals surface area contributed by atoms with Crippen LogP contribution in [0.3, 0.4) is 0 Å². The molecule has 2 atom stereocenters. The largest absolute Gasteiger partial charge is 0.466 e. The van der Waals surface area contributed by atoms with Gasteiger partial charge in [-0.05, 0) is 25.9 Å². The lowest BCUT2D eigenvalue weighted by Crippen LogP contribution is -2.44. The maximum Gasteiger partial charge on any atom is 0.306 e. The Morgan fingerprint density at radius 3 is 2.56 bits per heavy atom. The molecular formula is C10H16ClF2NO2. The van der Waals surface area contributed by atoms with Crippen molar-refractivity contribution in [3.63, 3.8) is 0 Å². The summed E-state index contributed by atoms with van der Waals surface area (Å²) in [6.07, 6.45) is -0.137. The average molecular weight is 256 g/mol. The minimum atomic E-state index is -2.65. The topological polar surface area (TPSA) is 38.3 Å². The molecule has 1 N–H and O–H groups in total. The van der Waals surface area contributed by atoms with Crippen LogP contribution in [0.25, 0.3) is 0 Å². The number of halogens is 3. The van der Waals surface area contributed by atoms with Crippen molar-refractivity contribution in [1.29, 1.82) is 0 Å². The summed E-state index contributed by atoms with van der Waals surface area (Å²) in [4.78, 5) is 11.1. The number of esters is 1. The lowest BCUT2D eigenvalue weighted by Gasteiger charge is -2.27. The van der Waals surface area contributed by atoms with Gasteiger partial charge in [0.15, 0.2) is 0 Å². The maximum atomic E-state index is 13.3. The molecule has 3 nitrogen and oxygen atoms in total. The van der Waals surface area contributed by atoms with E-state index in [9.17, 15) is 13.6 Å². The van der Waals surface area contributed by atoms with E-state index in [1.165, 1.54) is 0 Å². The fourth-order valence-electron chi connectivity index (χ4n) is 2.29. The molecule has 0 radical (unpaired) electrons. The first-order chi connectivity index (χ1) is 7.07. The van der Waals surface area contributed by atoms with Crippen molar-refractivity contribution in [2.75, 3.05) is 19.7 Å². The first kappa shape index (κ1) is 13.6.